The quantitative estimate of drug-likeness (QED) is 0.153. The van der Waals surface area contributed by atoms with E-state index in [1.165, 1.54) is 33.4 Å². The highest BCUT2D eigenvalue weighted by atomic mass is 15.1. The van der Waals surface area contributed by atoms with Gasteiger partial charge in [-0.2, -0.15) is 0 Å². The van der Waals surface area contributed by atoms with Crippen molar-refractivity contribution < 1.29 is 0 Å². The van der Waals surface area contributed by atoms with Crippen molar-refractivity contribution in [3.63, 3.8) is 0 Å². The van der Waals surface area contributed by atoms with Gasteiger partial charge in [0.1, 0.15) is 0 Å². The number of para-hydroxylation sites is 4. The van der Waals surface area contributed by atoms with Crippen molar-refractivity contribution in [1.82, 2.24) is 0 Å². The summed E-state index contributed by atoms with van der Waals surface area (Å²) in [5, 5.41) is 0. The van der Waals surface area contributed by atoms with Crippen molar-refractivity contribution >= 4 is 39.7 Å². The fourth-order valence-electron chi connectivity index (χ4n) is 6.82. The Morgan fingerprint density at radius 1 is 0.333 bits per heavy atom. The number of allylic oxidation sites excluding steroid dienone is 6. The molecule has 0 radical (unpaired) electrons. The van der Waals surface area contributed by atoms with E-state index in [2.05, 4.69) is 228 Å². The number of nitrogens with zero attached hydrogens (tertiary/aromatic N) is 2. The maximum absolute atomic E-state index is 2.35. The molecule has 0 saturated heterocycles. The Balaban J connectivity index is 1.15. The topological polar surface area (TPSA) is 6.48 Å². The Hall–Kier alpha value is -6.64. The van der Waals surface area contributed by atoms with E-state index < -0.39 is 0 Å². The number of hydrogen-bond acceptors (Lipinski definition) is 2. The van der Waals surface area contributed by atoms with Crippen LogP contribution in [0.2, 0.25) is 0 Å². The molecule has 0 unspecified atom stereocenters. The Morgan fingerprint density at radius 2 is 0.765 bits per heavy atom. The highest BCUT2D eigenvalue weighted by Gasteiger charge is 2.19. The van der Waals surface area contributed by atoms with Crippen LogP contribution >= 0.6 is 0 Å². The smallest absolute Gasteiger partial charge is 0.0540 e. The summed E-state index contributed by atoms with van der Waals surface area (Å²) in [7, 11) is 0. The van der Waals surface area contributed by atoms with Crippen LogP contribution in [0.25, 0.3) is 27.8 Å². The first-order valence-electron chi connectivity index (χ1n) is 17.5. The van der Waals surface area contributed by atoms with E-state index in [0.717, 1.165) is 40.5 Å². The summed E-state index contributed by atoms with van der Waals surface area (Å²) < 4.78 is 0. The molecule has 1 aliphatic rings. The van der Waals surface area contributed by atoms with E-state index in [1.807, 2.05) is 0 Å². The van der Waals surface area contributed by atoms with Crippen LogP contribution in [0.15, 0.2) is 218 Å². The number of anilines is 6. The lowest BCUT2D eigenvalue weighted by Crippen LogP contribution is -2.12. The first kappa shape index (κ1) is 31.6. The highest BCUT2D eigenvalue weighted by Crippen LogP contribution is 2.42. The lowest BCUT2D eigenvalue weighted by molar-refractivity contribution is 1.27. The molecule has 8 rings (SSSR count). The summed E-state index contributed by atoms with van der Waals surface area (Å²) in [5.74, 6) is 0. The van der Waals surface area contributed by atoms with Gasteiger partial charge in [-0.15, -0.1) is 0 Å². The zero-order valence-electron chi connectivity index (χ0n) is 28.4. The van der Waals surface area contributed by atoms with Gasteiger partial charge in [-0.3, -0.25) is 0 Å². The maximum Gasteiger partial charge on any atom is 0.0540 e. The summed E-state index contributed by atoms with van der Waals surface area (Å²) in [6.45, 7) is 0. The number of rotatable bonds is 9. The maximum atomic E-state index is 2.35. The fraction of sp³-hybridized carbons (Fsp3) is 0.0204. The van der Waals surface area contributed by atoms with Gasteiger partial charge in [0.15, 0.2) is 0 Å². The van der Waals surface area contributed by atoms with Crippen LogP contribution < -0.4 is 9.80 Å². The molecule has 0 bridgehead atoms. The third-order valence-electron chi connectivity index (χ3n) is 9.28. The van der Waals surface area contributed by atoms with Gasteiger partial charge in [-0.1, -0.05) is 158 Å². The van der Waals surface area contributed by atoms with Gasteiger partial charge >= 0.3 is 0 Å². The molecule has 0 spiro atoms. The van der Waals surface area contributed by atoms with Crippen molar-refractivity contribution in [2.24, 2.45) is 0 Å². The van der Waals surface area contributed by atoms with Gasteiger partial charge in [0, 0.05) is 33.9 Å². The van der Waals surface area contributed by atoms with Gasteiger partial charge in [0.25, 0.3) is 0 Å². The molecule has 0 N–H and O–H groups in total. The molecule has 2 nitrogen and oxygen atoms in total. The minimum atomic E-state index is 0.943. The van der Waals surface area contributed by atoms with Gasteiger partial charge < -0.3 is 9.80 Å². The van der Waals surface area contributed by atoms with E-state index in [0.29, 0.717) is 0 Å². The van der Waals surface area contributed by atoms with E-state index in [-0.39, 0.29) is 0 Å². The molecule has 2 heteroatoms. The second-order valence-electron chi connectivity index (χ2n) is 12.5. The Kier molecular flexibility index (Phi) is 9.21. The molecule has 0 aromatic heterocycles. The van der Waals surface area contributed by atoms with E-state index in [4.69, 9.17) is 0 Å². The molecule has 0 amide bonds. The minimum Gasteiger partial charge on any atom is -0.310 e. The highest BCUT2D eigenvalue weighted by molar-refractivity contribution is 5.91. The average Bonchev–Trinajstić information content (AvgIpc) is 3.50. The van der Waals surface area contributed by atoms with E-state index in [1.54, 1.807) is 0 Å². The number of benzene rings is 7. The zero-order valence-corrected chi connectivity index (χ0v) is 28.4. The molecule has 0 saturated carbocycles. The van der Waals surface area contributed by atoms with Crippen LogP contribution in [0.4, 0.5) is 34.1 Å². The van der Waals surface area contributed by atoms with Gasteiger partial charge in [0.05, 0.1) is 11.4 Å². The molecule has 51 heavy (non-hydrogen) atoms. The summed E-state index contributed by atoms with van der Waals surface area (Å²) in [4.78, 5) is 4.70. The fourth-order valence-corrected chi connectivity index (χ4v) is 6.82. The third kappa shape index (κ3) is 6.81. The van der Waals surface area contributed by atoms with Gasteiger partial charge in [-0.05, 0) is 89.3 Å². The molecule has 1 aliphatic carbocycles. The Labute approximate surface area is 301 Å². The summed E-state index contributed by atoms with van der Waals surface area (Å²) in [6.07, 6.45) is 11.9. The Morgan fingerprint density at radius 3 is 1.31 bits per heavy atom. The molecular weight excluding hydrogens is 617 g/mol. The van der Waals surface area contributed by atoms with Crippen molar-refractivity contribution in [2.75, 3.05) is 9.80 Å². The van der Waals surface area contributed by atoms with Gasteiger partial charge in [0.2, 0.25) is 0 Å². The van der Waals surface area contributed by atoms with Crippen LogP contribution in [0.1, 0.15) is 12.0 Å². The molecule has 7 aromatic rings. The van der Waals surface area contributed by atoms with Crippen LogP contribution in [0, 0.1) is 0 Å². The summed E-state index contributed by atoms with van der Waals surface area (Å²) in [6, 6.07) is 67.0. The molecule has 0 heterocycles. The average molecular weight is 655 g/mol. The second kappa shape index (κ2) is 14.9. The van der Waals surface area contributed by atoms with Crippen molar-refractivity contribution in [1.29, 1.82) is 0 Å². The molecule has 7 aromatic carbocycles. The predicted molar refractivity (Wildman–Crippen MR) is 218 cm³/mol. The SMILES string of the molecule is C1=CCC=CC(c2ccccc2N(c2ccccc2)c2ccc(-c3ccc(N(c4ccccc4)c4ccccc4-c4ccccc4)cc3)cc2)=C1. The molecule has 0 aliphatic heterocycles. The van der Waals surface area contributed by atoms with Crippen LogP contribution in [0.3, 0.4) is 0 Å². The molecule has 0 fully saturated rings. The van der Waals surface area contributed by atoms with E-state index in [9.17, 15) is 0 Å². The van der Waals surface area contributed by atoms with Crippen molar-refractivity contribution in [3.05, 3.63) is 224 Å². The van der Waals surface area contributed by atoms with Gasteiger partial charge in [-0.25, -0.2) is 0 Å². The monoisotopic (exact) mass is 654 g/mol. The normalized spacial score (nSPS) is 12.2. The summed E-state index contributed by atoms with van der Waals surface area (Å²) in [5.41, 5.74) is 13.8. The molecule has 244 valence electrons. The zero-order chi connectivity index (χ0) is 34.2. The molecule has 0 atom stereocenters. The third-order valence-corrected chi connectivity index (χ3v) is 9.28. The van der Waals surface area contributed by atoms with Crippen LogP contribution in [-0.4, -0.2) is 0 Å². The predicted octanol–water partition coefficient (Wildman–Crippen LogP) is 13.9. The number of hydrogen-bond donors (Lipinski definition) is 0. The van der Waals surface area contributed by atoms with E-state index >= 15 is 0 Å². The largest absolute Gasteiger partial charge is 0.310 e. The minimum absolute atomic E-state index is 0.943. The first-order valence-corrected chi connectivity index (χ1v) is 17.5. The van der Waals surface area contributed by atoms with Crippen LogP contribution in [0.5, 0.6) is 0 Å². The lowest BCUT2D eigenvalue weighted by Gasteiger charge is -2.28. The molecular formula is C49H38N2. The van der Waals surface area contributed by atoms with Crippen molar-refractivity contribution in [3.8, 4) is 22.3 Å². The first-order chi connectivity index (χ1) is 25.3. The van der Waals surface area contributed by atoms with Crippen molar-refractivity contribution in [2.45, 2.75) is 6.42 Å². The standard InChI is InChI=1S/C49H38N2/c1-2-7-19-40(18-6-1)46-26-14-16-28-48(46)50(42-22-10-4-11-23-42)44-34-30-38(31-35-44)39-32-36-45(37-33-39)51(43-24-12-5-13-25-43)49-29-17-15-27-47(49)41-20-8-3-9-21-41/h1,3-37H,2H2. The summed E-state index contributed by atoms with van der Waals surface area (Å²) >= 11 is 0. The Bertz CT molecular complexity index is 2300. The van der Waals surface area contributed by atoms with Crippen LogP contribution in [-0.2, 0) is 0 Å². The second-order valence-corrected chi connectivity index (χ2v) is 12.5. The lowest BCUT2D eigenvalue weighted by atomic mass is 10.00.